The predicted molar refractivity (Wildman–Crippen MR) is 65.4 cm³/mol. The first-order valence-corrected chi connectivity index (χ1v) is 6.03. The van der Waals surface area contributed by atoms with Crippen LogP contribution in [0.1, 0.15) is 5.01 Å². The number of aromatic nitrogens is 1. The summed E-state index contributed by atoms with van der Waals surface area (Å²) in [5.41, 5.74) is 1.14. The van der Waals surface area contributed by atoms with Gasteiger partial charge < -0.3 is 4.74 Å². The standard InChI is InChI=1S/C11H9F3N2O2S/c1-6-15-8-3-2-7(4-9(8)19-6)16-10(17)18-5-11(12,13)14/h2-4H,5H2,1H3,(H,16,17). The first-order valence-electron chi connectivity index (χ1n) is 5.21. The van der Waals surface area contributed by atoms with Crippen molar-refractivity contribution >= 4 is 33.3 Å². The van der Waals surface area contributed by atoms with Gasteiger partial charge in [-0.1, -0.05) is 0 Å². The highest BCUT2D eigenvalue weighted by Crippen LogP contribution is 2.25. The Morgan fingerprint density at radius 2 is 2.21 bits per heavy atom. The maximum atomic E-state index is 11.9. The van der Waals surface area contributed by atoms with Gasteiger partial charge in [0, 0.05) is 5.69 Å². The summed E-state index contributed by atoms with van der Waals surface area (Å²) in [4.78, 5) is 15.4. The molecule has 1 aromatic carbocycles. The molecule has 19 heavy (non-hydrogen) atoms. The van der Waals surface area contributed by atoms with Crippen LogP contribution in [0, 0.1) is 6.92 Å². The van der Waals surface area contributed by atoms with Crippen molar-refractivity contribution in [2.75, 3.05) is 11.9 Å². The molecule has 2 aromatic rings. The lowest BCUT2D eigenvalue weighted by atomic mass is 10.3. The monoisotopic (exact) mass is 290 g/mol. The number of halogens is 3. The van der Waals surface area contributed by atoms with Gasteiger partial charge in [-0.15, -0.1) is 11.3 Å². The molecule has 0 bridgehead atoms. The second-order valence-electron chi connectivity index (χ2n) is 3.73. The van der Waals surface area contributed by atoms with Crippen LogP contribution in [0.4, 0.5) is 23.7 Å². The molecule has 0 aliphatic rings. The average Bonchev–Trinajstić information content (AvgIpc) is 2.65. The number of aryl methyl sites for hydroxylation is 1. The second kappa shape index (κ2) is 5.04. The molecular formula is C11H9F3N2O2S. The second-order valence-corrected chi connectivity index (χ2v) is 4.97. The van der Waals surface area contributed by atoms with Crippen molar-refractivity contribution in [3.8, 4) is 0 Å². The van der Waals surface area contributed by atoms with Crippen LogP contribution in [-0.2, 0) is 4.74 Å². The molecule has 0 spiro atoms. The normalized spacial score (nSPS) is 11.6. The zero-order valence-electron chi connectivity index (χ0n) is 9.75. The molecular weight excluding hydrogens is 281 g/mol. The summed E-state index contributed by atoms with van der Waals surface area (Å²) < 4.78 is 40.4. The van der Waals surface area contributed by atoms with Gasteiger partial charge in [0.05, 0.1) is 15.2 Å². The molecule has 8 heteroatoms. The number of alkyl halides is 3. The number of fused-ring (bicyclic) bond motifs is 1. The number of benzene rings is 1. The summed E-state index contributed by atoms with van der Waals surface area (Å²) in [6.07, 6.45) is -5.67. The minimum Gasteiger partial charge on any atom is -0.440 e. The summed E-state index contributed by atoms with van der Waals surface area (Å²) in [5, 5.41) is 3.10. The van der Waals surface area contributed by atoms with E-state index >= 15 is 0 Å². The van der Waals surface area contributed by atoms with E-state index in [1.807, 2.05) is 6.92 Å². The van der Waals surface area contributed by atoms with E-state index in [1.54, 1.807) is 18.2 Å². The molecule has 0 saturated carbocycles. The minimum atomic E-state index is -4.53. The summed E-state index contributed by atoms with van der Waals surface area (Å²) in [7, 11) is 0. The lowest BCUT2D eigenvalue weighted by Crippen LogP contribution is -2.23. The van der Waals surface area contributed by atoms with Gasteiger partial charge in [-0.2, -0.15) is 13.2 Å². The molecule has 0 aliphatic carbocycles. The van der Waals surface area contributed by atoms with Crippen LogP contribution < -0.4 is 5.32 Å². The average molecular weight is 290 g/mol. The van der Waals surface area contributed by atoms with Crippen LogP contribution in [0.2, 0.25) is 0 Å². The quantitative estimate of drug-likeness (QED) is 0.917. The van der Waals surface area contributed by atoms with Crippen molar-refractivity contribution in [2.45, 2.75) is 13.1 Å². The number of carbonyl (C=O) groups is 1. The van der Waals surface area contributed by atoms with Gasteiger partial charge in [0.15, 0.2) is 6.61 Å². The van der Waals surface area contributed by atoms with E-state index in [4.69, 9.17) is 0 Å². The van der Waals surface area contributed by atoms with E-state index < -0.39 is 18.9 Å². The molecule has 1 heterocycles. The molecule has 102 valence electrons. The van der Waals surface area contributed by atoms with E-state index in [0.29, 0.717) is 5.69 Å². The summed E-state index contributed by atoms with van der Waals surface area (Å²) in [6, 6.07) is 4.86. The fraction of sp³-hybridized carbons (Fsp3) is 0.273. The predicted octanol–water partition coefficient (Wildman–Crippen LogP) is 3.72. The van der Waals surface area contributed by atoms with Crippen molar-refractivity contribution < 1.29 is 22.7 Å². The number of ether oxygens (including phenoxy) is 1. The molecule has 0 unspecified atom stereocenters. The van der Waals surface area contributed by atoms with Crippen LogP contribution in [-0.4, -0.2) is 23.9 Å². The lowest BCUT2D eigenvalue weighted by Gasteiger charge is -2.08. The number of carbonyl (C=O) groups excluding carboxylic acids is 1. The molecule has 1 N–H and O–H groups in total. The maximum absolute atomic E-state index is 11.9. The van der Waals surface area contributed by atoms with Gasteiger partial charge in [-0.25, -0.2) is 9.78 Å². The molecule has 1 amide bonds. The molecule has 2 rings (SSSR count). The summed E-state index contributed by atoms with van der Waals surface area (Å²) in [6.45, 7) is 0.232. The third kappa shape index (κ3) is 3.82. The number of thiazole rings is 1. The van der Waals surface area contributed by atoms with Crippen LogP contribution in [0.15, 0.2) is 18.2 Å². The van der Waals surface area contributed by atoms with Crippen LogP contribution in [0.25, 0.3) is 10.2 Å². The zero-order chi connectivity index (χ0) is 14.0. The number of rotatable bonds is 2. The SMILES string of the molecule is Cc1nc2ccc(NC(=O)OCC(F)(F)F)cc2s1. The van der Waals surface area contributed by atoms with E-state index in [9.17, 15) is 18.0 Å². The van der Waals surface area contributed by atoms with E-state index in [1.165, 1.54) is 11.3 Å². The third-order valence-electron chi connectivity index (χ3n) is 2.11. The zero-order valence-corrected chi connectivity index (χ0v) is 10.6. The van der Waals surface area contributed by atoms with Crippen LogP contribution in [0.5, 0.6) is 0 Å². The Morgan fingerprint density at radius 3 is 2.89 bits per heavy atom. The van der Waals surface area contributed by atoms with Crippen molar-refractivity contribution in [1.29, 1.82) is 0 Å². The molecule has 1 aromatic heterocycles. The Bertz CT molecular complexity index is 609. The fourth-order valence-electron chi connectivity index (χ4n) is 1.42. The number of anilines is 1. The Kier molecular flexibility index (Phi) is 3.61. The van der Waals surface area contributed by atoms with Crippen molar-refractivity contribution in [1.82, 2.24) is 4.98 Å². The third-order valence-corrected chi connectivity index (χ3v) is 3.04. The smallest absolute Gasteiger partial charge is 0.422 e. The first kappa shape index (κ1) is 13.6. The Morgan fingerprint density at radius 1 is 1.47 bits per heavy atom. The van der Waals surface area contributed by atoms with Gasteiger partial charge >= 0.3 is 12.3 Å². The summed E-state index contributed by atoms with van der Waals surface area (Å²) >= 11 is 1.43. The fourth-order valence-corrected chi connectivity index (χ4v) is 2.29. The van der Waals surface area contributed by atoms with Gasteiger partial charge in [0.1, 0.15) is 0 Å². The highest BCUT2D eigenvalue weighted by Gasteiger charge is 2.29. The van der Waals surface area contributed by atoms with Gasteiger partial charge in [-0.05, 0) is 25.1 Å². The number of hydrogen-bond donors (Lipinski definition) is 1. The largest absolute Gasteiger partial charge is 0.440 e. The topological polar surface area (TPSA) is 51.2 Å². The van der Waals surface area contributed by atoms with E-state index in [-0.39, 0.29) is 0 Å². The number of hydrogen-bond acceptors (Lipinski definition) is 4. The number of amides is 1. The van der Waals surface area contributed by atoms with E-state index in [2.05, 4.69) is 15.0 Å². The first-order chi connectivity index (χ1) is 8.83. The Labute approximate surface area is 110 Å². The highest BCUT2D eigenvalue weighted by molar-refractivity contribution is 7.18. The van der Waals surface area contributed by atoms with Crippen LogP contribution >= 0.6 is 11.3 Å². The molecule has 0 saturated heterocycles. The van der Waals surface area contributed by atoms with Crippen molar-refractivity contribution in [3.63, 3.8) is 0 Å². The molecule has 0 radical (unpaired) electrons. The van der Waals surface area contributed by atoms with Gasteiger partial charge in [0.25, 0.3) is 0 Å². The lowest BCUT2D eigenvalue weighted by molar-refractivity contribution is -0.159. The van der Waals surface area contributed by atoms with Crippen LogP contribution in [0.3, 0.4) is 0 Å². The van der Waals surface area contributed by atoms with Crippen molar-refractivity contribution in [2.24, 2.45) is 0 Å². The summed E-state index contributed by atoms with van der Waals surface area (Å²) in [5.74, 6) is 0. The van der Waals surface area contributed by atoms with Gasteiger partial charge in [-0.3, -0.25) is 5.32 Å². The number of nitrogens with zero attached hydrogens (tertiary/aromatic N) is 1. The maximum Gasteiger partial charge on any atom is 0.422 e. The van der Waals surface area contributed by atoms with Gasteiger partial charge in [0.2, 0.25) is 0 Å². The van der Waals surface area contributed by atoms with Crippen molar-refractivity contribution in [3.05, 3.63) is 23.2 Å². The molecule has 4 nitrogen and oxygen atoms in total. The molecule has 0 atom stereocenters. The van der Waals surface area contributed by atoms with E-state index in [0.717, 1.165) is 15.2 Å². The molecule has 0 aliphatic heterocycles. The number of nitrogens with one attached hydrogen (secondary N) is 1. The Hall–Kier alpha value is -1.83. The minimum absolute atomic E-state index is 0.364. The highest BCUT2D eigenvalue weighted by atomic mass is 32.1. The molecule has 0 fully saturated rings. The Balaban J connectivity index is 2.02.